The van der Waals surface area contributed by atoms with Gasteiger partial charge in [-0.1, -0.05) is 24.3 Å². The fourth-order valence-electron chi connectivity index (χ4n) is 2.31. The van der Waals surface area contributed by atoms with E-state index in [-0.39, 0.29) is 30.0 Å². The van der Waals surface area contributed by atoms with Crippen molar-refractivity contribution in [2.75, 3.05) is 18.1 Å². The number of nitrogens with one attached hydrogen (secondary N) is 2. The van der Waals surface area contributed by atoms with Gasteiger partial charge in [0, 0.05) is 12.6 Å². The van der Waals surface area contributed by atoms with Crippen molar-refractivity contribution in [2.45, 2.75) is 25.9 Å². The van der Waals surface area contributed by atoms with Gasteiger partial charge in [-0.25, -0.2) is 8.42 Å². The molecule has 1 unspecified atom stereocenters. The number of sulfone groups is 1. The molecule has 1 amide bonds. The molecule has 1 aromatic carbocycles. The van der Waals surface area contributed by atoms with Crippen molar-refractivity contribution in [3.63, 3.8) is 0 Å². The third-order valence-electron chi connectivity index (χ3n) is 3.46. The van der Waals surface area contributed by atoms with Crippen LogP contribution in [0.1, 0.15) is 17.5 Å². The van der Waals surface area contributed by atoms with E-state index in [9.17, 15) is 13.2 Å². The number of amides is 1. The van der Waals surface area contributed by atoms with Crippen LogP contribution in [-0.4, -0.2) is 38.4 Å². The van der Waals surface area contributed by atoms with Gasteiger partial charge >= 0.3 is 0 Å². The minimum absolute atomic E-state index is 0.0660. The summed E-state index contributed by atoms with van der Waals surface area (Å²) in [4.78, 5) is 11.7. The van der Waals surface area contributed by atoms with Crippen LogP contribution in [0.5, 0.6) is 0 Å². The van der Waals surface area contributed by atoms with Crippen molar-refractivity contribution >= 4 is 15.7 Å². The number of rotatable bonds is 5. The van der Waals surface area contributed by atoms with Gasteiger partial charge in [0.25, 0.3) is 0 Å². The molecule has 0 saturated carbocycles. The number of benzene rings is 1. The lowest BCUT2D eigenvalue weighted by molar-refractivity contribution is -0.120. The van der Waals surface area contributed by atoms with Crippen LogP contribution in [0.15, 0.2) is 24.3 Å². The van der Waals surface area contributed by atoms with Crippen LogP contribution >= 0.6 is 0 Å². The fraction of sp³-hybridized carbons (Fsp3) is 0.500. The first-order valence-corrected chi connectivity index (χ1v) is 8.53. The van der Waals surface area contributed by atoms with Crippen LogP contribution in [-0.2, 0) is 21.2 Å². The first-order chi connectivity index (χ1) is 9.46. The van der Waals surface area contributed by atoms with Gasteiger partial charge in [-0.3, -0.25) is 4.79 Å². The van der Waals surface area contributed by atoms with E-state index in [4.69, 9.17) is 0 Å². The third-order valence-corrected chi connectivity index (χ3v) is 5.23. The van der Waals surface area contributed by atoms with Crippen LogP contribution in [0.3, 0.4) is 0 Å². The molecule has 1 fully saturated rings. The Morgan fingerprint density at radius 3 is 2.75 bits per heavy atom. The summed E-state index contributed by atoms with van der Waals surface area (Å²) >= 11 is 0. The van der Waals surface area contributed by atoms with Gasteiger partial charge in [0.2, 0.25) is 5.91 Å². The van der Waals surface area contributed by atoms with Gasteiger partial charge in [0.05, 0.1) is 18.1 Å². The minimum atomic E-state index is -2.95. The second-order valence-electron chi connectivity index (χ2n) is 5.20. The molecule has 0 spiro atoms. The van der Waals surface area contributed by atoms with Gasteiger partial charge in [0.15, 0.2) is 9.84 Å². The number of carbonyl (C=O) groups excluding carboxylic acids is 1. The molecule has 0 aliphatic carbocycles. The predicted octanol–water partition coefficient (Wildman–Crippen LogP) is 0.388. The van der Waals surface area contributed by atoms with E-state index in [1.54, 1.807) is 0 Å². The highest BCUT2D eigenvalue weighted by Crippen LogP contribution is 2.11. The summed E-state index contributed by atoms with van der Waals surface area (Å²) in [5.74, 6) is 0.0890. The van der Waals surface area contributed by atoms with Crippen LogP contribution in [0.25, 0.3) is 0 Å². The van der Waals surface area contributed by atoms with Gasteiger partial charge in [-0.15, -0.1) is 0 Å². The first kappa shape index (κ1) is 15.0. The van der Waals surface area contributed by atoms with Crippen LogP contribution in [0.2, 0.25) is 0 Å². The maximum absolute atomic E-state index is 11.7. The molecule has 1 heterocycles. The highest BCUT2D eigenvalue weighted by atomic mass is 32.2. The molecule has 1 aliphatic rings. The van der Waals surface area contributed by atoms with Crippen LogP contribution < -0.4 is 10.6 Å². The van der Waals surface area contributed by atoms with E-state index in [1.807, 2.05) is 31.2 Å². The molecule has 110 valence electrons. The molecule has 0 radical (unpaired) electrons. The molecule has 1 aromatic rings. The summed E-state index contributed by atoms with van der Waals surface area (Å²) in [6.07, 6.45) is 0.520. The van der Waals surface area contributed by atoms with E-state index in [2.05, 4.69) is 10.6 Å². The van der Waals surface area contributed by atoms with Crippen LogP contribution in [0, 0.1) is 6.92 Å². The highest BCUT2D eigenvalue weighted by Gasteiger charge is 2.28. The van der Waals surface area contributed by atoms with E-state index in [0.29, 0.717) is 13.0 Å². The normalized spacial score (nSPS) is 20.8. The molecular formula is C14H20N2O3S. The summed E-state index contributed by atoms with van der Waals surface area (Å²) in [6, 6.07) is 7.76. The zero-order chi connectivity index (χ0) is 14.6. The summed E-state index contributed by atoms with van der Waals surface area (Å²) in [7, 11) is -2.95. The lowest BCUT2D eigenvalue weighted by atomic mass is 10.1. The SMILES string of the molecule is Cc1ccccc1CNCC(=O)NC1CCS(=O)(=O)C1. The van der Waals surface area contributed by atoms with E-state index >= 15 is 0 Å². The molecule has 1 aliphatic heterocycles. The maximum Gasteiger partial charge on any atom is 0.234 e. The Morgan fingerprint density at radius 1 is 1.35 bits per heavy atom. The lowest BCUT2D eigenvalue weighted by Gasteiger charge is -2.12. The van der Waals surface area contributed by atoms with Crippen molar-refractivity contribution in [2.24, 2.45) is 0 Å². The molecule has 20 heavy (non-hydrogen) atoms. The van der Waals surface area contributed by atoms with Gasteiger partial charge < -0.3 is 10.6 Å². The average molecular weight is 296 g/mol. The first-order valence-electron chi connectivity index (χ1n) is 6.71. The summed E-state index contributed by atoms with van der Waals surface area (Å²) in [6.45, 7) is 2.86. The van der Waals surface area contributed by atoms with Crippen molar-refractivity contribution in [3.8, 4) is 0 Å². The zero-order valence-corrected chi connectivity index (χ0v) is 12.4. The topological polar surface area (TPSA) is 75.3 Å². The summed E-state index contributed by atoms with van der Waals surface area (Å²) < 4.78 is 22.6. The van der Waals surface area contributed by atoms with E-state index < -0.39 is 9.84 Å². The van der Waals surface area contributed by atoms with Crippen molar-refractivity contribution in [1.82, 2.24) is 10.6 Å². The predicted molar refractivity (Wildman–Crippen MR) is 78.1 cm³/mol. The van der Waals surface area contributed by atoms with E-state index in [0.717, 1.165) is 5.56 Å². The Morgan fingerprint density at radius 2 is 2.10 bits per heavy atom. The Labute approximate surface area is 119 Å². The second kappa shape index (κ2) is 6.37. The maximum atomic E-state index is 11.7. The molecular weight excluding hydrogens is 276 g/mol. The van der Waals surface area contributed by atoms with E-state index in [1.165, 1.54) is 5.56 Å². The highest BCUT2D eigenvalue weighted by molar-refractivity contribution is 7.91. The van der Waals surface area contributed by atoms with Crippen molar-refractivity contribution < 1.29 is 13.2 Å². The quantitative estimate of drug-likeness (QED) is 0.824. The average Bonchev–Trinajstić information content (AvgIpc) is 2.71. The molecule has 1 saturated heterocycles. The zero-order valence-electron chi connectivity index (χ0n) is 11.6. The number of aryl methyl sites for hydroxylation is 1. The fourth-order valence-corrected chi connectivity index (χ4v) is 3.98. The van der Waals surface area contributed by atoms with Crippen LogP contribution in [0.4, 0.5) is 0 Å². The Bertz CT molecular complexity index is 584. The third kappa shape index (κ3) is 4.31. The number of hydrogen-bond donors (Lipinski definition) is 2. The Balaban J connectivity index is 1.72. The Hall–Kier alpha value is -1.40. The standard InChI is InChI=1S/C14H20N2O3S/c1-11-4-2-3-5-12(11)8-15-9-14(17)16-13-6-7-20(18,19)10-13/h2-5,13,15H,6-10H2,1H3,(H,16,17). The van der Waals surface area contributed by atoms with Gasteiger partial charge in [0.1, 0.15) is 0 Å². The monoisotopic (exact) mass is 296 g/mol. The number of hydrogen-bond acceptors (Lipinski definition) is 4. The van der Waals surface area contributed by atoms with Crippen molar-refractivity contribution in [3.05, 3.63) is 35.4 Å². The smallest absolute Gasteiger partial charge is 0.234 e. The summed E-state index contributed by atoms with van der Waals surface area (Å²) in [5, 5.41) is 5.83. The second-order valence-corrected chi connectivity index (χ2v) is 7.43. The molecule has 0 aromatic heterocycles. The Kier molecular flexibility index (Phi) is 4.77. The molecule has 2 rings (SSSR count). The van der Waals surface area contributed by atoms with Crippen molar-refractivity contribution in [1.29, 1.82) is 0 Å². The molecule has 6 heteroatoms. The van der Waals surface area contributed by atoms with Gasteiger partial charge in [-0.05, 0) is 24.5 Å². The lowest BCUT2D eigenvalue weighted by Crippen LogP contribution is -2.40. The molecule has 1 atom stereocenters. The molecule has 2 N–H and O–H groups in total. The summed E-state index contributed by atoms with van der Waals surface area (Å²) in [5.41, 5.74) is 2.34. The van der Waals surface area contributed by atoms with Gasteiger partial charge in [-0.2, -0.15) is 0 Å². The molecule has 5 nitrogen and oxygen atoms in total. The largest absolute Gasteiger partial charge is 0.351 e. The molecule has 0 bridgehead atoms. The number of carbonyl (C=O) groups is 1. The minimum Gasteiger partial charge on any atom is -0.351 e.